The van der Waals surface area contributed by atoms with E-state index < -0.39 is 10.0 Å². The summed E-state index contributed by atoms with van der Waals surface area (Å²) in [6.07, 6.45) is 2.56. The first-order valence-corrected chi connectivity index (χ1v) is 6.75. The molecule has 0 aliphatic rings. The Labute approximate surface area is 99.2 Å². The van der Waals surface area contributed by atoms with Crippen LogP contribution in [-0.4, -0.2) is 32.7 Å². The lowest BCUT2D eigenvalue weighted by atomic mass is 10.4. The molecule has 0 bridgehead atoms. The number of nitrogens with one attached hydrogen (secondary N) is 2. The molecule has 0 radical (unpaired) electrons. The largest absolute Gasteiger partial charge is 0.396 e. The van der Waals surface area contributed by atoms with Gasteiger partial charge in [0, 0.05) is 19.3 Å². The first kappa shape index (κ1) is 13.0. The van der Waals surface area contributed by atoms with Gasteiger partial charge in [0.25, 0.3) is 0 Å². The van der Waals surface area contributed by atoms with Crippen LogP contribution >= 0.6 is 11.6 Å². The van der Waals surface area contributed by atoms with Crippen LogP contribution in [0.5, 0.6) is 0 Å². The molecule has 0 saturated heterocycles. The smallest absolute Gasteiger partial charge is 0.208 e. The van der Waals surface area contributed by atoms with Crippen LogP contribution in [0.3, 0.4) is 0 Å². The van der Waals surface area contributed by atoms with Crippen LogP contribution in [0.15, 0.2) is 12.3 Å². The van der Waals surface area contributed by atoms with Crippen molar-refractivity contribution in [2.75, 3.05) is 30.4 Å². The number of anilines is 2. The number of hydrogen-bond acceptors (Lipinski definition) is 5. The fraction of sp³-hybridized carbons (Fsp3) is 0.375. The Bertz CT molecular complexity index is 463. The minimum Gasteiger partial charge on any atom is -0.396 e. The third-order valence-corrected chi connectivity index (χ3v) is 2.60. The summed E-state index contributed by atoms with van der Waals surface area (Å²) in [7, 11) is -3.16. The van der Waals surface area contributed by atoms with Crippen molar-refractivity contribution in [2.45, 2.75) is 0 Å². The second kappa shape index (κ2) is 5.33. The van der Waals surface area contributed by atoms with Crippen LogP contribution in [0.25, 0.3) is 0 Å². The van der Waals surface area contributed by atoms with Crippen molar-refractivity contribution in [3.8, 4) is 0 Å². The van der Waals surface area contributed by atoms with E-state index in [-0.39, 0.29) is 6.54 Å². The lowest BCUT2D eigenvalue weighted by Crippen LogP contribution is -2.27. The van der Waals surface area contributed by atoms with Gasteiger partial charge in [-0.3, -0.25) is 0 Å². The van der Waals surface area contributed by atoms with Gasteiger partial charge < -0.3 is 11.1 Å². The van der Waals surface area contributed by atoms with Crippen LogP contribution < -0.4 is 15.8 Å². The molecule has 4 N–H and O–H groups in total. The van der Waals surface area contributed by atoms with Crippen molar-refractivity contribution >= 4 is 33.1 Å². The lowest BCUT2D eigenvalue weighted by molar-refractivity contribution is 0.589. The third-order valence-electron chi connectivity index (χ3n) is 1.67. The predicted molar refractivity (Wildman–Crippen MR) is 65.0 cm³/mol. The van der Waals surface area contributed by atoms with Crippen molar-refractivity contribution in [1.29, 1.82) is 0 Å². The standard InChI is InChI=1S/C8H13ClN4O2S/c1-16(14,15)13-3-2-11-8-7(10)4-6(9)5-12-8/h4-5,13H,2-3,10H2,1H3,(H,11,12). The molecule has 0 unspecified atom stereocenters. The zero-order valence-electron chi connectivity index (χ0n) is 8.70. The van der Waals surface area contributed by atoms with Gasteiger partial charge in [-0.2, -0.15) is 0 Å². The summed E-state index contributed by atoms with van der Waals surface area (Å²) in [5.41, 5.74) is 6.06. The molecule has 0 aliphatic heterocycles. The van der Waals surface area contributed by atoms with Crippen molar-refractivity contribution in [2.24, 2.45) is 0 Å². The van der Waals surface area contributed by atoms with Crippen LogP contribution in [0.4, 0.5) is 11.5 Å². The quantitative estimate of drug-likeness (QED) is 0.664. The molecule has 0 spiro atoms. The number of hydrogen-bond donors (Lipinski definition) is 3. The van der Waals surface area contributed by atoms with Crippen LogP contribution in [0, 0.1) is 0 Å². The summed E-state index contributed by atoms with van der Waals surface area (Å²) >= 11 is 5.68. The van der Waals surface area contributed by atoms with Gasteiger partial charge in [-0.15, -0.1) is 0 Å². The van der Waals surface area contributed by atoms with Gasteiger partial charge in [0.05, 0.1) is 17.0 Å². The van der Waals surface area contributed by atoms with E-state index in [2.05, 4.69) is 15.0 Å². The molecule has 1 aromatic heterocycles. The highest BCUT2D eigenvalue weighted by Gasteiger charge is 2.02. The average molecular weight is 265 g/mol. The maximum absolute atomic E-state index is 10.8. The van der Waals surface area contributed by atoms with Gasteiger partial charge >= 0.3 is 0 Å². The van der Waals surface area contributed by atoms with Crippen molar-refractivity contribution in [3.05, 3.63) is 17.3 Å². The molecule has 1 heterocycles. The number of aromatic nitrogens is 1. The van der Waals surface area contributed by atoms with Gasteiger partial charge in [-0.25, -0.2) is 18.1 Å². The molecule has 1 rings (SSSR count). The number of pyridine rings is 1. The molecule has 0 saturated carbocycles. The maximum Gasteiger partial charge on any atom is 0.208 e. The van der Waals surface area contributed by atoms with E-state index in [0.29, 0.717) is 23.1 Å². The Balaban J connectivity index is 2.43. The highest BCUT2D eigenvalue weighted by Crippen LogP contribution is 2.18. The first-order valence-electron chi connectivity index (χ1n) is 4.48. The molecule has 6 nitrogen and oxygen atoms in total. The van der Waals surface area contributed by atoms with Crippen LogP contribution in [0.2, 0.25) is 5.02 Å². The SMILES string of the molecule is CS(=O)(=O)NCCNc1ncc(Cl)cc1N. The van der Waals surface area contributed by atoms with Crippen molar-refractivity contribution < 1.29 is 8.42 Å². The van der Waals surface area contributed by atoms with Crippen molar-refractivity contribution in [1.82, 2.24) is 9.71 Å². The highest BCUT2D eigenvalue weighted by molar-refractivity contribution is 7.88. The number of nitrogens with zero attached hydrogens (tertiary/aromatic N) is 1. The second-order valence-electron chi connectivity index (χ2n) is 3.18. The Morgan fingerprint density at radius 2 is 2.19 bits per heavy atom. The number of rotatable bonds is 5. The molecule has 8 heteroatoms. The molecular formula is C8H13ClN4O2S. The van der Waals surface area contributed by atoms with E-state index in [1.807, 2.05) is 0 Å². The summed E-state index contributed by atoms with van der Waals surface area (Å²) in [6, 6.07) is 1.57. The van der Waals surface area contributed by atoms with Gasteiger partial charge in [-0.05, 0) is 6.07 Å². The third kappa shape index (κ3) is 4.65. The topological polar surface area (TPSA) is 97.1 Å². The van der Waals surface area contributed by atoms with Crippen LogP contribution in [0.1, 0.15) is 0 Å². The molecule has 0 fully saturated rings. The van der Waals surface area contributed by atoms with Gasteiger partial charge in [0.1, 0.15) is 5.82 Å². The minimum absolute atomic E-state index is 0.266. The summed E-state index contributed by atoms with van der Waals surface area (Å²) < 4.78 is 23.9. The Morgan fingerprint density at radius 3 is 2.75 bits per heavy atom. The molecule has 90 valence electrons. The predicted octanol–water partition coefficient (Wildman–Crippen LogP) is 0.278. The van der Waals surface area contributed by atoms with E-state index in [1.54, 1.807) is 6.07 Å². The summed E-state index contributed by atoms with van der Waals surface area (Å²) in [5, 5.41) is 3.35. The van der Waals surface area contributed by atoms with Crippen molar-refractivity contribution in [3.63, 3.8) is 0 Å². The average Bonchev–Trinajstić information content (AvgIpc) is 2.13. The number of nitrogen functional groups attached to an aromatic ring is 1. The van der Waals surface area contributed by atoms with Gasteiger partial charge in [0.2, 0.25) is 10.0 Å². The van der Waals surface area contributed by atoms with Gasteiger partial charge in [-0.1, -0.05) is 11.6 Å². The Morgan fingerprint density at radius 1 is 1.50 bits per heavy atom. The monoisotopic (exact) mass is 264 g/mol. The van der Waals surface area contributed by atoms with E-state index in [0.717, 1.165) is 6.26 Å². The van der Waals surface area contributed by atoms with E-state index in [9.17, 15) is 8.42 Å². The molecule has 0 amide bonds. The van der Waals surface area contributed by atoms with E-state index in [4.69, 9.17) is 17.3 Å². The fourth-order valence-electron chi connectivity index (χ4n) is 1.02. The number of nitrogens with two attached hydrogens (primary N) is 1. The molecular weight excluding hydrogens is 252 g/mol. The molecule has 0 aliphatic carbocycles. The lowest BCUT2D eigenvalue weighted by Gasteiger charge is -2.08. The molecule has 0 atom stereocenters. The van der Waals surface area contributed by atoms with E-state index in [1.165, 1.54) is 6.20 Å². The number of sulfonamides is 1. The summed E-state index contributed by atoms with van der Waals surface area (Å²) in [6.45, 7) is 0.661. The summed E-state index contributed by atoms with van der Waals surface area (Å²) in [4.78, 5) is 3.97. The first-order chi connectivity index (χ1) is 7.38. The molecule has 1 aromatic rings. The van der Waals surface area contributed by atoms with Crippen LogP contribution in [-0.2, 0) is 10.0 Å². The van der Waals surface area contributed by atoms with E-state index >= 15 is 0 Å². The second-order valence-corrected chi connectivity index (χ2v) is 5.45. The Kier molecular flexibility index (Phi) is 4.34. The van der Waals surface area contributed by atoms with Gasteiger partial charge in [0.15, 0.2) is 0 Å². The normalized spacial score (nSPS) is 11.4. The number of halogens is 1. The fourth-order valence-corrected chi connectivity index (χ4v) is 1.66. The molecule has 0 aromatic carbocycles. The molecule has 16 heavy (non-hydrogen) atoms. The minimum atomic E-state index is -3.16. The maximum atomic E-state index is 10.8. The zero-order valence-corrected chi connectivity index (χ0v) is 10.3. The Hall–Kier alpha value is -1.05. The highest BCUT2D eigenvalue weighted by atomic mass is 35.5. The summed E-state index contributed by atoms with van der Waals surface area (Å²) in [5.74, 6) is 0.486. The zero-order chi connectivity index (χ0) is 12.2.